The molecule has 2 rings (SSSR count). The van der Waals surface area contributed by atoms with Crippen molar-refractivity contribution in [2.75, 3.05) is 13.1 Å². The molecule has 0 radical (unpaired) electrons. The average molecular weight is 274 g/mol. The maximum absolute atomic E-state index is 12.2. The molecule has 1 amide bonds. The van der Waals surface area contributed by atoms with Crippen molar-refractivity contribution >= 4 is 28.8 Å². The maximum atomic E-state index is 12.2. The molecule has 0 unspecified atom stereocenters. The number of carbonyl (C=O) groups excluding carboxylic acids is 1. The minimum atomic E-state index is -0.0112. The van der Waals surface area contributed by atoms with Crippen LogP contribution in [0.15, 0.2) is 5.51 Å². The Balaban J connectivity index is 2.07. The van der Waals surface area contributed by atoms with Crippen LogP contribution >= 0.6 is 22.9 Å². The molecule has 1 aliphatic rings. The molecule has 0 spiro atoms. The van der Waals surface area contributed by atoms with Gasteiger partial charge in [0.15, 0.2) is 5.15 Å². The van der Waals surface area contributed by atoms with Crippen LogP contribution in [0.25, 0.3) is 0 Å². The van der Waals surface area contributed by atoms with E-state index in [1.54, 1.807) is 5.51 Å². The number of hydrogen-bond acceptors (Lipinski definition) is 4. The van der Waals surface area contributed by atoms with E-state index in [-0.39, 0.29) is 11.9 Å². The number of nitrogens with zero attached hydrogens (tertiary/aromatic N) is 2. The van der Waals surface area contributed by atoms with E-state index in [0.29, 0.717) is 15.9 Å². The molecule has 1 aromatic rings. The molecule has 0 saturated carbocycles. The fraction of sp³-hybridized carbons (Fsp3) is 0.636. The van der Waals surface area contributed by atoms with E-state index in [0.717, 1.165) is 25.9 Å². The molecular weight excluding hydrogens is 258 g/mol. The zero-order valence-electron chi connectivity index (χ0n) is 9.73. The minimum absolute atomic E-state index is 0.0112. The zero-order chi connectivity index (χ0) is 12.4. The highest BCUT2D eigenvalue weighted by Crippen LogP contribution is 2.25. The Morgan fingerprint density at radius 3 is 3.12 bits per heavy atom. The van der Waals surface area contributed by atoms with E-state index in [4.69, 9.17) is 17.3 Å². The summed E-state index contributed by atoms with van der Waals surface area (Å²) < 4.78 is 0. The van der Waals surface area contributed by atoms with Crippen LogP contribution in [0.3, 0.4) is 0 Å². The summed E-state index contributed by atoms with van der Waals surface area (Å²) in [7, 11) is 0. The molecule has 2 N–H and O–H groups in total. The highest BCUT2D eigenvalue weighted by atomic mass is 35.5. The third-order valence-corrected chi connectivity index (χ3v) is 4.42. The molecule has 0 aromatic carbocycles. The van der Waals surface area contributed by atoms with E-state index in [9.17, 15) is 4.79 Å². The first-order valence-electron chi connectivity index (χ1n) is 5.73. The first-order chi connectivity index (χ1) is 8.09. The number of halogens is 1. The first kappa shape index (κ1) is 12.8. The summed E-state index contributed by atoms with van der Waals surface area (Å²) in [4.78, 5) is 18.5. The van der Waals surface area contributed by atoms with Crippen molar-refractivity contribution in [1.29, 1.82) is 0 Å². The molecule has 0 bridgehead atoms. The quantitative estimate of drug-likeness (QED) is 0.897. The molecule has 1 fully saturated rings. The van der Waals surface area contributed by atoms with Crippen molar-refractivity contribution in [2.45, 2.75) is 25.8 Å². The van der Waals surface area contributed by atoms with Crippen molar-refractivity contribution < 1.29 is 4.79 Å². The van der Waals surface area contributed by atoms with Crippen LogP contribution in [-0.4, -0.2) is 34.9 Å². The third kappa shape index (κ3) is 2.78. The van der Waals surface area contributed by atoms with E-state index >= 15 is 0 Å². The van der Waals surface area contributed by atoms with Gasteiger partial charge in [-0.15, -0.1) is 11.3 Å². The van der Waals surface area contributed by atoms with Gasteiger partial charge < -0.3 is 10.6 Å². The maximum Gasteiger partial charge on any atom is 0.267 e. The van der Waals surface area contributed by atoms with Crippen molar-refractivity contribution in [2.24, 2.45) is 11.7 Å². The number of piperidine rings is 1. The Kier molecular flexibility index (Phi) is 4.01. The van der Waals surface area contributed by atoms with E-state index in [1.807, 2.05) is 11.8 Å². The second kappa shape index (κ2) is 5.33. The number of nitrogens with two attached hydrogens (primary N) is 1. The van der Waals surface area contributed by atoms with Crippen molar-refractivity contribution in [1.82, 2.24) is 9.88 Å². The average Bonchev–Trinajstić information content (AvgIpc) is 2.74. The number of amides is 1. The fourth-order valence-corrected chi connectivity index (χ4v) is 3.10. The highest BCUT2D eigenvalue weighted by molar-refractivity contribution is 7.12. The SMILES string of the molecule is C[C@H](N)[C@@H]1CCCN(C(=O)c2scnc2Cl)C1. The molecule has 1 aliphatic heterocycles. The topological polar surface area (TPSA) is 59.2 Å². The molecule has 1 saturated heterocycles. The Morgan fingerprint density at radius 2 is 2.53 bits per heavy atom. The molecule has 6 heteroatoms. The van der Waals surface area contributed by atoms with Crippen LogP contribution in [0.4, 0.5) is 0 Å². The van der Waals surface area contributed by atoms with Crippen LogP contribution in [0.1, 0.15) is 29.4 Å². The van der Waals surface area contributed by atoms with Crippen molar-refractivity contribution in [3.05, 3.63) is 15.5 Å². The lowest BCUT2D eigenvalue weighted by Crippen LogP contribution is -2.44. The smallest absolute Gasteiger partial charge is 0.267 e. The Bertz CT molecular complexity index is 407. The fourth-order valence-electron chi connectivity index (χ4n) is 2.14. The third-order valence-electron chi connectivity index (χ3n) is 3.21. The molecule has 4 nitrogen and oxygen atoms in total. The zero-order valence-corrected chi connectivity index (χ0v) is 11.3. The molecular formula is C11H16ClN3OS. The predicted octanol–water partition coefficient (Wildman–Crippen LogP) is 2.00. The molecule has 2 atom stereocenters. The first-order valence-corrected chi connectivity index (χ1v) is 6.99. The van der Waals surface area contributed by atoms with Gasteiger partial charge in [-0.25, -0.2) is 4.98 Å². The molecule has 0 aliphatic carbocycles. The number of thiazole rings is 1. The number of hydrogen-bond donors (Lipinski definition) is 1. The van der Waals surface area contributed by atoms with Gasteiger partial charge in [-0.2, -0.15) is 0 Å². The van der Waals surface area contributed by atoms with E-state index in [1.165, 1.54) is 11.3 Å². The second-order valence-corrected chi connectivity index (χ2v) is 5.70. The summed E-state index contributed by atoms with van der Waals surface area (Å²) in [6, 6.07) is 0.127. The van der Waals surface area contributed by atoms with Gasteiger partial charge in [0.2, 0.25) is 0 Å². The van der Waals surface area contributed by atoms with Crippen LogP contribution in [0.2, 0.25) is 5.15 Å². The summed E-state index contributed by atoms with van der Waals surface area (Å²) in [5.74, 6) is 0.377. The standard InChI is InChI=1S/C11H16ClN3OS/c1-7(13)8-3-2-4-15(5-8)11(16)9-10(12)14-6-17-9/h6-8H,2-5,13H2,1H3/t7-,8+/m0/s1. The normalized spacial score (nSPS) is 22.5. The Hall–Kier alpha value is -0.650. The summed E-state index contributed by atoms with van der Waals surface area (Å²) in [5.41, 5.74) is 7.50. The van der Waals surface area contributed by atoms with Gasteiger partial charge in [-0.1, -0.05) is 11.6 Å². The predicted molar refractivity (Wildman–Crippen MR) is 69.4 cm³/mol. The number of likely N-dealkylation sites (tertiary alicyclic amines) is 1. The lowest BCUT2D eigenvalue weighted by molar-refractivity contribution is 0.0666. The summed E-state index contributed by atoms with van der Waals surface area (Å²) in [6.45, 7) is 3.51. The Morgan fingerprint density at radius 1 is 1.76 bits per heavy atom. The second-order valence-electron chi connectivity index (χ2n) is 4.48. The monoisotopic (exact) mass is 273 g/mol. The van der Waals surface area contributed by atoms with Gasteiger partial charge in [-0.05, 0) is 25.7 Å². The van der Waals surface area contributed by atoms with Gasteiger partial charge >= 0.3 is 0 Å². The van der Waals surface area contributed by atoms with E-state index < -0.39 is 0 Å². The van der Waals surface area contributed by atoms with Gasteiger partial charge in [0.05, 0.1) is 5.51 Å². The largest absolute Gasteiger partial charge is 0.338 e. The lowest BCUT2D eigenvalue weighted by Gasteiger charge is -2.34. The van der Waals surface area contributed by atoms with Crippen LogP contribution in [0.5, 0.6) is 0 Å². The summed E-state index contributed by atoms with van der Waals surface area (Å²) in [6.07, 6.45) is 2.10. The number of aromatic nitrogens is 1. The van der Waals surface area contributed by atoms with Crippen LogP contribution < -0.4 is 5.73 Å². The van der Waals surface area contributed by atoms with Crippen LogP contribution in [0, 0.1) is 5.92 Å². The lowest BCUT2D eigenvalue weighted by atomic mass is 9.92. The summed E-state index contributed by atoms with van der Waals surface area (Å²) in [5, 5.41) is 0.308. The van der Waals surface area contributed by atoms with Gasteiger partial charge in [-0.3, -0.25) is 4.79 Å². The molecule has 2 heterocycles. The number of carbonyl (C=O) groups is 1. The summed E-state index contributed by atoms with van der Waals surface area (Å²) >= 11 is 7.18. The van der Waals surface area contributed by atoms with Crippen LogP contribution in [-0.2, 0) is 0 Å². The molecule has 17 heavy (non-hydrogen) atoms. The van der Waals surface area contributed by atoms with Crippen molar-refractivity contribution in [3.63, 3.8) is 0 Å². The molecule has 1 aromatic heterocycles. The highest BCUT2D eigenvalue weighted by Gasteiger charge is 2.28. The molecule has 94 valence electrons. The van der Waals surface area contributed by atoms with Gasteiger partial charge in [0.1, 0.15) is 4.88 Å². The number of rotatable bonds is 2. The Labute approximate surface area is 110 Å². The minimum Gasteiger partial charge on any atom is -0.338 e. The van der Waals surface area contributed by atoms with Crippen molar-refractivity contribution in [3.8, 4) is 0 Å². The van der Waals surface area contributed by atoms with Gasteiger partial charge in [0.25, 0.3) is 5.91 Å². The van der Waals surface area contributed by atoms with E-state index in [2.05, 4.69) is 4.98 Å². The van der Waals surface area contributed by atoms with Gasteiger partial charge in [0, 0.05) is 19.1 Å².